The van der Waals surface area contributed by atoms with Crippen molar-refractivity contribution in [3.05, 3.63) is 83.8 Å². The number of rotatable bonds is 9. The Kier molecular flexibility index (Phi) is 8.59. The van der Waals surface area contributed by atoms with Gasteiger partial charge in [0.05, 0.1) is 11.3 Å². The molecule has 3 rings (SSSR count). The number of anilines is 2. The van der Waals surface area contributed by atoms with Gasteiger partial charge in [-0.1, -0.05) is 6.58 Å². The van der Waals surface area contributed by atoms with E-state index in [1.54, 1.807) is 6.20 Å². The topological polar surface area (TPSA) is 87.2 Å². The Balaban J connectivity index is 1.59. The van der Waals surface area contributed by atoms with Gasteiger partial charge in [-0.05, 0) is 61.9 Å². The Hall–Kier alpha value is -4.28. The van der Waals surface area contributed by atoms with E-state index in [9.17, 15) is 27.2 Å². The number of aromatic nitrogens is 2. The van der Waals surface area contributed by atoms with E-state index >= 15 is 0 Å². The second-order valence-electron chi connectivity index (χ2n) is 8.10. The van der Waals surface area contributed by atoms with Crippen LogP contribution in [-0.4, -0.2) is 41.9 Å². The number of halogens is 4. The summed E-state index contributed by atoms with van der Waals surface area (Å²) in [6, 6.07) is 8.21. The summed E-state index contributed by atoms with van der Waals surface area (Å²) in [6.07, 6.45) is -1.25. The van der Waals surface area contributed by atoms with Crippen LogP contribution in [0.3, 0.4) is 0 Å². The van der Waals surface area contributed by atoms with Gasteiger partial charge in [-0.25, -0.2) is 14.4 Å². The Bertz CT molecular complexity index is 1290. The Morgan fingerprint density at radius 3 is 2.46 bits per heavy atom. The van der Waals surface area contributed by atoms with Crippen molar-refractivity contribution in [2.24, 2.45) is 0 Å². The van der Waals surface area contributed by atoms with Crippen LogP contribution >= 0.6 is 0 Å². The van der Waals surface area contributed by atoms with Gasteiger partial charge in [0.2, 0.25) is 5.91 Å². The first-order valence-corrected chi connectivity index (χ1v) is 11.2. The number of benzene rings is 2. The van der Waals surface area contributed by atoms with Crippen molar-refractivity contribution < 1.29 is 27.2 Å². The Labute approximate surface area is 211 Å². The molecule has 0 unspecified atom stereocenters. The molecule has 3 aromatic rings. The third-order valence-electron chi connectivity index (χ3n) is 5.45. The predicted octanol–water partition coefficient (Wildman–Crippen LogP) is 4.99. The molecule has 2 aromatic carbocycles. The van der Waals surface area contributed by atoms with Gasteiger partial charge in [-0.15, -0.1) is 0 Å². The van der Waals surface area contributed by atoms with E-state index in [1.165, 1.54) is 25.2 Å². The van der Waals surface area contributed by atoms with Gasteiger partial charge >= 0.3 is 6.18 Å². The third kappa shape index (κ3) is 6.90. The van der Waals surface area contributed by atoms with E-state index in [1.807, 2.05) is 6.92 Å². The number of nitrogens with one attached hydrogen (secondary N) is 2. The average Bonchev–Trinajstić information content (AvgIpc) is 2.88. The van der Waals surface area contributed by atoms with Crippen LogP contribution in [0.5, 0.6) is 0 Å². The highest BCUT2D eigenvalue weighted by molar-refractivity contribution is 6.01. The van der Waals surface area contributed by atoms with Crippen LogP contribution in [0.25, 0.3) is 11.4 Å². The first-order chi connectivity index (χ1) is 17.5. The Morgan fingerprint density at radius 1 is 1.11 bits per heavy atom. The molecule has 0 spiro atoms. The van der Waals surface area contributed by atoms with E-state index < -0.39 is 29.4 Å². The minimum Gasteiger partial charge on any atom is -0.370 e. The van der Waals surface area contributed by atoms with Crippen molar-refractivity contribution in [1.29, 1.82) is 0 Å². The minimum atomic E-state index is -4.46. The summed E-state index contributed by atoms with van der Waals surface area (Å²) < 4.78 is 52.3. The molecule has 0 saturated heterocycles. The maximum Gasteiger partial charge on any atom is 0.416 e. The van der Waals surface area contributed by atoms with Gasteiger partial charge in [0.25, 0.3) is 5.91 Å². The first kappa shape index (κ1) is 27.3. The van der Waals surface area contributed by atoms with Crippen molar-refractivity contribution in [3.63, 3.8) is 0 Å². The fraction of sp³-hybridized carbons (Fsp3) is 0.231. The van der Waals surface area contributed by atoms with Gasteiger partial charge in [-0.3, -0.25) is 9.59 Å². The Morgan fingerprint density at radius 2 is 1.81 bits per heavy atom. The summed E-state index contributed by atoms with van der Waals surface area (Å²) in [4.78, 5) is 34.0. The molecular formula is C26H25F4N5O2. The molecule has 1 aromatic heterocycles. The van der Waals surface area contributed by atoms with Gasteiger partial charge in [0, 0.05) is 43.0 Å². The van der Waals surface area contributed by atoms with Crippen molar-refractivity contribution in [2.75, 3.05) is 30.4 Å². The number of hydrogen-bond acceptors (Lipinski definition) is 5. The zero-order valence-corrected chi connectivity index (χ0v) is 20.2. The zero-order valence-electron chi connectivity index (χ0n) is 20.2. The molecule has 0 radical (unpaired) electrons. The van der Waals surface area contributed by atoms with Crippen LogP contribution in [0.2, 0.25) is 0 Å². The van der Waals surface area contributed by atoms with Crippen molar-refractivity contribution in [2.45, 2.75) is 19.5 Å². The third-order valence-corrected chi connectivity index (χ3v) is 5.45. The first-order valence-electron chi connectivity index (χ1n) is 11.2. The van der Waals surface area contributed by atoms with Crippen LogP contribution < -0.4 is 15.5 Å². The van der Waals surface area contributed by atoms with E-state index in [0.717, 1.165) is 40.8 Å². The molecule has 0 fully saturated rings. The molecule has 0 atom stereocenters. The summed E-state index contributed by atoms with van der Waals surface area (Å²) in [6.45, 7) is 5.95. The number of carbonyl (C=O) groups excluding carboxylic acids is 2. The highest BCUT2D eigenvalue weighted by Gasteiger charge is 2.30. The molecule has 7 nitrogen and oxygen atoms in total. The maximum atomic E-state index is 14.3. The fourth-order valence-electron chi connectivity index (χ4n) is 3.33. The molecule has 194 valence electrons. The van der Waals surface area contributed by atoms with Crippen LogP contribution in [0.1, 0.15) is 27.9 Å². The number of likely N-dealkylation sites (N-methyl/N-ethyl adjacent to an activating group) is 1. The molecule has 0 saturated carbocycles. The van der Waals surface area contributed by atoms with E-state index in [-0.39, 0.29) is 17.8 Å². The minimum absolute atomic E-state index is 0.0601. The van der Waals surface area contributed by atoms with Crippen LogP contribution in [-0.2, 0) is 11.0 Å². The number of carbonyl (C=O) groups is 2. The normalized spacial score (nSPS) is 11.1. The largest absolute Gasteiger partial charge is 0.416 e. The van der Waals surface area contributed by atoms with E-state index in [4.69, 9.17) is 0 Å². The van der Waals surface area contributed by atoms with Gasteiger partial charge in [-0.2, -0.15) is 13.2 Å². The lowest BCUT2D eigenvalue weighted by molar-refractivity contribution is -0.137. The fourth-order valence-corrected chi connectivity index (χ4v) is 3.33. The summed E-state index contributed by atoms with van der Waals surface area (Å²) in [7, 11) is 1.44. The lowest BCUT2D eigenvalue weighted by Crippen LogP contribution is -2.26. The summed E-state index contributed by atoms with van der Waals surface area (Å²) in [5.41, 5.74) is 0.647. The van der Waals surface area contributed by atoms with E-state index in [2.05, 4.69) is 27.2 Å². The van der Waals surface area contributed by atoms with Crippen LogP contribution in [0.15, 0.2) is 61.3 Å². The molecule has 1 heterocycles. The maximum absolute atomic E-state index is 14.3. The van der Waals surface area contributed by atoms with Crippen molar-refractivity contribution in [3.8, 4) is 11.4 Å². The summed E-state index contributed by atoms with van der Waals surface area (Å²) in [5.74, 6) is -0.648. The number of alkyl halides is 3. The number of aryl methyl sites for hydroxylation is 1. The van der Waals surface area contributed by atoms with Crippen LogP contribution in [0.4, 0.5) is 29.1 Å². The zero-order chi connectivity index (χ0) is 27.2. The summed E-state index contributed by atoms with van der Waals surface area (Å²) >= 11 is 0. The van der Waals surface area contributed by atoms with Crippen molar-refractivity contribution in [1.82, 2.24) is 15.3 Å². The second-order valence-corrected chi connectivity index (χ2v) is 8.10. The van der Waals surface area contributed by atoms with Gasteiger partial charge in [0.1, 0.15) is 11.6 Å². The molecular weight excluding hydrogens is 490 g/mol. The van der Waals surface area contributed by atoms with Gasteiger partial charge < -0.3 is 15.5 Å². The lowest BCUT2D eigenvalue weighted by Gasteiger charge is -2.17. The predicted molar refractivity (Wildman–Crippen MR) is 133 cm³/mol. The highest BCUT2D eigenvalue weighted by atomic mass is 19.4. The molecule has 0 aliphatic rings. The van der Waals surface area contributed by atoms with Crippen LogP contribution in [0, 0.1) is 12.7 Å². The molecule has 0 bridgehead atoms. The molecule has 0 aliphatic heterocycles. The molecule has 37 heavy (non-hydrogen) atoms. The molecule has 2 N–H and O–H groups in total. The lowest BCUT2D eigenvalue weighted by atomic mass is 10.1. The number of amides is 2. The van der Waals surface area contributed by atoms with Gasteiger partial charge in [0.15, 0.2) is 5.82 Å². The second kappa shape index (κ2) is 11.6. The monoisotopic (exact) mass is 515 g/mol. The molecule has 0 aliphatic carbocycles. The average molecular weight is 516 g/mol. The summed E-state index contributed by atoms with van der Waals surface area (Å²) in [5, 5.41) is 5.82. The number of hydrogen-bond donors (Lipinski definition) is 2. The number of nitrogens with zero attached hydrogens (tertiary/aromatic N) is 3. The smallest absolute Gasteiger partial charge is 0.370 e. The highest BCUT2D eigenvalue weighted by Crippen LogP contribution is 2.29. The standard InChI is InChI=1S/C26H25F4N5O2/c1-4-22(36)35(3)21-14-18(8-11-20(21)27)24-33-15-16(2)23(34-24)31-12-5-13-32-25(37)17-6-9-19(10-7-17)26(28,29)30/h4,6-11,14-15H,1,5,12-13H2,2-3H3,(H,32,37)(H,31,33,34). The quantitative estimate of drug-likeness (QED) is 0.238. The molecule has 2 amide bonds. The molecule has 11 heteroatoms. The van der Waals surface area contributed by atoms with E-state index in [0.29, 0.717) is 30.2 Å². The van der Waals surface area contributed by atoms with Crippen molar-refractivity contribution >= 4 is 23.3 Å². The SMILES string of the molecule is C=CC(=O)N(C)c1cc(-c2ncc(C)c(NCCCNC(=O)c3ccc(C(F)(F)F)cc3)n2)ccc1F.